The minimum atomic E-state index is -0.801. The van der Waals surface area contributed by atoms with Crippen molar-refractivity contribution in [3.05, 3.63) is 71.6 Å². The van der Waals surface area contributed by atoms with E-state index >= 15 is 0 Å². The third-order valence-corrected chi connectivity index (χ3v) is 4.98. The fourth-order valence-corrected chi connectivity index (χ4v) is 3.27. The van der Waals surface area contributed by atoms with Crippen molar-refractivity contribution in [1.29, 1.82) is 0 Å². The predicted octanol–water partition coefficient (Wildman–Crippen LogP) is 5.42. The predicted molar refractivity (Wildman–Crippen MR) is 122 cm³/mol. The number of hydrogen-bond donors (Lipinski definition) is 2. The van der Waals surface area contributed by atoms with Crippen LogP contribution in [0, 0.1) is 0 Å². The molecular weight excluding hydrogens is 390 g/mol. The molecule has 0 saturated carbocycles. The Bertz CT molecular complexity index is 979. The first-order chi connectivity index (χ1) is 15.2. The monoisotopic (exact) mass is 419 g/mol. The maximum atomic E-state index is 10.6. The van der Waals surface area contributed by atoms with Crippen molar-refractivity contribution in [3.8, 4) is 11.5 Å². The van der Waals surface area contributed by atoms with Gasteiger partial charge in [-0.3, -0.25) is 4.79 Å². The Morgan fingerprint density at radius 1 is 1.03 bits per heavy atom. The van der Waals surface area contributed by atoms with E-state index in [1.165, 1.54) is 24.0 Å². The number of aliphatic carboxylic acids is 1. The molecule has 0 saturated heterocycles. The van der Waals surface area contributed by atoms with E-state index in [-0.39, 0.29) is 6.42 Å². The van der Waals surface area contributed by atoms with E-state index in [0.29, 0.717) is 24.9 Å². The van der Waals surface area contributed by atoms with Crippen molar-refractivity contribution in [1.82, 2.24) is 15.5 Å². The van der Waals surface area contributed by atoms with Gasteiger partial charge in [-0.25, -0.2) is 0 Å². The summed E-state index contributed by atoms with van der Waals surface area (Å²) >= 11 is 0. The Balaban J connectivity index is 1.68. The number of nitrogens with zero attached hydrogens (tertiary/aromatic N) is 2. The molecule has 162 valence electrons. The molecule has 0 fully saturated rings. The largest absolute Gasteiger partial charge is 0.481 e. The summed E-state index contributed by atoms with van der Waals surface area (Å²) in [6.07, 6.45) is 6.57. The molecule has 0 unspecified atom stereocenters. The van der Waals surface area contributed by atoms with Crippen molar-refractivity contribution in [2.75, 3.05) is 6.54 Å². The maximum Gasteiger partial charge on any atom is 0.304 e. The fraction of sp³-hybridized carbons (Fsp3) is 0.320. The van der Waals surface area contributed by atoms with Gasteiger partial charge < -0.3 is 14.8 Å². The van der Waals surface area contributed by atoms with Gasteiger partial charge in [-0.1, -0.05) is 62.2 Å². The number of aromatic nitrogens is 2. The molecule has 1 aromatic heterocycles. The second-order valence-electron chi connectivity index (χ2n) is 7.46. The lowest BCUT2D eigenvalue weighted by Crippen LogP contribution is -2.17. The quantitative estimate of drug-likeness (QED) is 0.381. The van der Waals surface area contributed by atoms with Crippen LogP contribution in [-0.2, 0) is 11.3 Å². The zero-order valence-electron chi connectivity index (χ0n) is 17.9. The minimum absolute atomic E-state index is 0.111. The SMILES string of the molecule is CCCCC/C(=C\c1nnc(-c2ccc(CNCCC(=O)O)cc2)o1)c1ccccc1. The molecule has 1 heterocycles. The second kappa shape index (κ2) is 11.8. The molecule has 0 amide bonds. The molecule has 0 bridgehead atoms. The molecule has 0 radical (unpaired) electrons. The Morgan fingerprint density at radius 2 is 1.81 bits per heavy atom. The van der Waals surface area contributed by atoms with E-state index in [1.807, 2.05) is 48.5 Å². The number of allylic oxidation sites excluding steroid dienone is 1. The first kappa shape index (κ1) is 22.4. The number of unbranched alkanes of at least 4 members (excludes halogenated alkanes) is 2. The van der Waals surface area contributed by atoms with Gasteiger partial charge in [-0.15, -0.1) is 10.2 Å². The highest BCUT2D eigenvalue weighted by atomic mass is 16.4. The molecular formula is C25H29N3O3. The van der Waals surface area contributed by atoms with Gasteiger partial charge in [-0.05, 0) is 41.7 Å². The van der Waals surface area contributed by atoms with Crippen LogP contribution in [0.4, 0.5) is 0 Å². The summed E-state index contributed by atoms with van der Waals surface area (Å²) in [5.74, 6) is 0.187. The van der Waals surface area contributed by atoms with Crippen molar-refractivity contribution >= 4 is 17.6 Å². The highest BCUT2D eigenvalue weighted by molar-refractivity contribution is 5.79. The van der Waals surface area contributed by atoms with Crippen LogP contribution in [-0.4, -0.2) is 27.8 Å². The standard InChI is InChI=1S/C25H29N3O3/c1-2-3-5-10-22(20-8-6-4-7-9-20)17-23-27-28-25(31-23)21-13-11-19(12-14-21)18-26-16-15-24(29)30/h4,6-9,11-14,17,26H,2-3,5,10,15-16,18H2,1H3,(H,29,30)/b22-17+. The number of carbonyl (C=O) groups is 1. The molecule has 6 nitrogen and oxygen atoms in total. The number of carboxylic acids is 1. The summed E-state index contributed by atoms with van der Waals surface area (Å²) in [4.78, 5) is 10.6. The lowest BCUT2D eigenvalue weighted by molar-refractivity contribution is -0.136. The molecule has 2 aromatic carbocycles. The van der Waals surface area contributed by atoms with Crippen LogP contribution in [0.3, 0.4) is 0 Å². The van der Waals surface area contributed by atoms with Crippen molar-refractivity contribution in [2.24, 2.45) is 0 Å². The summed E-state index contributed by atoms with van der Waals surface area (Å²) in [7, 11) is 0. The average molecular weight is 420 g/mol. The lowest BCUT2D eigenvalue weighted by atomic mass is 9.99. The molecule has 0 aliphatic rings. The topological polar surface area (TPSA) is 88.2 Å². The third-order valence-electron chi connectivity index (χ3n) is 4.98. The molecule has 0 aliphatic carbocycles. The molecule has 31 heavy (non-hydrogen) atoms. The van der Waals surface area contributed by atoms with Crippen LogP contribution in [0.5, 0.6) is 0 Å². The van der Waals surface area contributed by atoms with Gasteiger partial charge in [0.05, 0.1) is 6.42 Å². The van der Waals surface area contributed by atoms with Gasteiger partial charge in [0.15, 0.2) is 0 Å². The molecule has 0 aliphatic heterocycles. The van der Waals surface area contributed by atoms with Crippen molar-refractivity contribution in [3.63, 3.8) is 0 Å². The Hall–Kier alpha value is -3.25. The maximum absolute atomic E-state index is 10.6. The Morgan fingerprint density at radius 3 is 2.52 bits per heavy atom. The van der Waals surface area contributed by atoms with Crippen molar-refractivity contribution in [2.45, 2.75) is 45.6 Å². The highest BCUT2D eigenvalue weighted by Gasteiger charge is 2.09. The van der Waals surface area contributed by atoms with E-state index in [1.54, 1.807) is 0 Å². The van der Waals surface area contributed by atoms with E-state index in [2.05, 4.69) is 34.6 Å². The molecule has 0 spiro atoms. The number of nitrogens with one attached hydrogen (secondary N) is 1. The van der Waals surface area contributed by atoms with E-state index in [0.717, 1.165) is 24.0 Å². The fourth-order valence-electron chi connectivity index (χ4n) is 3.27. The Labute approximate surface area is 183 Å². The summed E-state index contributed by atoms with van der Waals surface area (Å²) in [5, 5.41) is 20.2. The Kier molecular flexibility index (Phi) is 8.55. The van der Waals surface area contributed by atoms with Crippen molar-refractivity contribution < 1.29 is 14.3 Å². The van der Waals surface area contributed by atoms with Gasteiger partial charge in [0.25, 0.3) is 0 Å². The van der Waals surface area contributed by atoms with Gasteiger partial charge in [0.1, 0.15) is 0 Å². The second-order valence-corrected chi connectivity index (χ2v) is 7.46. The van der Waals surface area contributed by atoms with Gasteiger partial charge in [0.2, 0.25) is 11.8 Å². The van der Waals surface area contributed by atoms with Crippen LogP contribution < -0.4 is 5.32 Å². The summed E-state index contributed by atoms with van der Waals surface area (Å²) < 4.78 is 5.91. The summed E-state index contributed by atoms with van der Waals surface area (Å²) in [6.45, 7) is 3.26. The first-order valence-electron chi connectivity index (χ1n) is 10.8. The number of benzene rings is 2. The molecule has 0 atom stereocenters. The van der Waals surface area contributed by atoms with Gasteiger partial charge >= 0.3 is 5.97 Å². The lowest BCUT2D eigenvalue weighted by Gasteiger charge is -2.06. The van der Waals surface area contributed by atoms with E-state index < -0.39 is 5.97 Å². The van der Waals surface area contributed by atoms with Crippen LogP contribution in [0.1, 0.15) is 56.0 Å². The normalized spacial score (nSPS) is 11.6. The van der Waals surface area contributed by atoms with Crippen LogP contribution >= 0.6 is 0 Å². The van der Waals surface area contributed by atoms with Crippen LogP contribution in [0.25, 0.3) is 23.1 Å². The van der Waals surface area contributed by atoms with E-state index in [9.17, 15) is 4.79 Å². The third kappa shape index (κ3) is 7.19. The number of carboxylic acid groups (broad SMARTS) is 1. The zero-order chi connectivity index (χ0) is 21.9. The highest BCUT2D eigenvalue weighted by Crippen LogP contribution is 2.25. The summed E-state index contributed by atoms with van der Waals surface area (Å²) in [5.41, 5.74) is 4.30. The number of rotatable bonds is 12. The molecule has 3 aromatic rings. The van der Waals surface area contributed by atoms with Gasteiger partial charge in [-0.2, -0.15) is 0 Å². The average Bonchev–Trinajstić information content (AvgIpc) is 3.26. The van der Waals surface area contributed by atoms with Crippen LogP contribution in [0.2, 0.25) is 0 Å². The molecule has 2 N–H and O–H groups in total. The first-order valence-corrected chi connectivity index (χ1v) is 10.8. The minimum Gasteiger partial charge on any atom is -0.481 e. The molecule has 3 rings (SSSR count). The number of hydrogen-bond acceptors (Lipinski definition) is 5. The summed E-state index contributed by atoms with van der Waals surface area (Å²) in [6, 6.07) is 18.1. The zero-order valence-corrected chi connectivity index (χ0v) is 17.9. The van der Waals surface area contributed by atoms with Gasteiger partial charge in [0, 0.05) is 24.7 Å². The molecule has 6 heteroatoms. The smallest absolute Gasteiger partial charge is 0.304 e. The van der Waals surface area contributed by atoms with Crippen LogP contribution in [0.15, 0.2) is 59.0 Å². The van der Waals surface area contributed by atoms with E-state index in [4.69, 9.17) is 9.52 Å².